The van der Waals surface area contributed by atoms with Gasteiger partial charge in [-0.1, -0.05) is 0 Å². The fraction of sp³-hybridized carbons (Fsp3) is 0.346. The first kappa shape index (κ1) is 22.7. The molecule has 0 bridgehead atoms. The molecule has 3 aromatic rings. The lowest BCUT2D eigenvalue weighted by molar-refractivity contribution is -0.149. The molecule has 1 aliphatic rings. The fourth-order valence-electron chi connectivity index (χ4n) is 4.13. The number of aromatic nitrogens is 1. The van der Waals surface area contributed by atoms with Crippen LogP contribution in [0, 0.1) is 11.7 Å². The van der Waals surface area contributed by atoms with Crippen molar-refractivity contribution in [3.63, 3.8) is 0 Å². The first-order valence-electron chi connectivity index (χ1n) is 11.3. The quantitative estimate of drug-likeness (QED) is 0.502. The minimum absolute atomic E-state index is 0.0794. The zero-order valence-electron chi connectivity index (χ0n) is 18.8. The molecule has 0 atom stereocenters. The standard InChI is InChI=1S/C26H27FN2O4/c1-3-32-24-16-23(17-5-8-20(27)9-6-17)28-22-10-7-19(15-21(22)24)25(30)29-13-11-18(12-14-29)26(31)33-4-2/h5-10,15-16,18H,3-4,11-14H2,1-2H3. The molecule has 1 saturated heterocycles. The first-order valence-corrected chi connectivity index (χ1v) is 11.3. The van der Waals surface area contributed by atoms with Crippen LogP contribution in [-0.2, 0) is 9.53 Å². The number of hydrogen-bond donors (Lipinski definition) is 0. The Bertz CT molecular complexity index is 1150. The number of nitrogens with zero attached hydrogens (tertiary/aromatic N) is 2. The van der Waals surface area contributed by atoms with Gasteiger partial charge in [0.05, 0.1) is 30.3 Å². The number of halogens is 1. The maximum atomic E-state index is 13.3. The average Bonchev–Trinajstić information content (AvgIpc) is 2.84. The van der Waals surface area contributed by atoms with Gasteiger partial charge in [0, 0.05) is 35.7 Å². The van der Waals surface area contributed by atoms with Gasteiger partial charge in [0.2, 0.25) is 0 Å². The molecule has 1 fully saturated rings. The van der Waals surface area contributed by atoms with E-state index < -0.39 is 0 Å². The van der Waals surface area contributed by atoms with E-state index in [2.05, 4.69) is 0 Å². The van der Waals surface area contributed by atoms with Crippen molar-refractivity contribution >= 4 is 22.8 Å². The largest absolute Gasteiger partial charge is 0.493 e. The monoisotopic (exact) mass is 450 g/mol. The number of ether oxygens (including phenoxy) is 2. The smallest absolute Gasteiger partial charge is 0.309 e. The maximum Gasteiger partial charge on any atom is 0.309 e. The highest BCUT2D eigenvalue weighted by atomic mass is 19.1. The maximum absolute atomic E-state index is 13.3. The van der Waals surface area contributed by atoms with Crippen LogP contribution in [0.1, 0.15) is 37.0 Å². The van der Waals surface area contributed by atoms with Gasteiger partial charge in [0.25, 0.3) is 5.91 Å². The second-order valence-corrected chi connectivity index (χ2v) is 8.00. The van der Waals surface area contributed by atoms with Gasteiger partial charge in [-0.2, -0.15) is 0 Å². The predicted octanol–water partition coefficient (Wildman–Crippen LogP) is 4.85. The summed E-state index contributed by atoms with van der Waals surface area (Å²) in [5.74, 6) is -0.0929. The van der Waals surface area contributed by atoms with E-state index in [-0.39, 0.29) is 23.6 Å². The lowest BCUT2D eigenvalue weighted by Gasteiger charge is -2.31. The Labute approximate surface area is 192 Å². The van der Waals surface area contributed by atoms with Gasteiger partial charge in [-0.25, -0.2) is 9.37 Å². The minimum atomic E-state index is -0.306. The van der Waals surface area contributed by atoms with Crippen molar-refractivity contribution < 1.29 is 23.5 Å². The third-order valence-corrected chi connectivity index (χ3v) is 5.86. The van der Waals surface area contributed by atoms with Crippen molar-refractivity contribution in [1.82, 2.24) is 9.88 Å². The second-order valence-electron chi connectivity index (χ2n) is 8.00. The lowest BCUT2D eigenvalue weighted by atomic mass is 9.96. The van der Waals surface area contributed by atoms with Gasteiger partial charge in [-0.3, -0.25) is 9.59 Å². The highest BCUT2D eigenvalue weighted by Crippen LogP contribution is 2.31. The molecule has 1 aliphatic heterocycles. The van der Waals surface area contributed by atoms with E-state index in [9.17, 15) is 14.0 Å². The van der Waals surface area contributed by atoms with Crippen molar-refractivity contribution in [2.24, 2.45) is 5.92 Å². The molecule has 1 amide bonds. The van der Waals surface area contributed by atoms with Crippen molar-refractivity contribution in [2.75, 3.05) is 26.3 Å². The molecule has 0 N–H and O–H groups in total. The van der Waals surface area contributed by atoms with Crippen LogP contribution in [0.5, 0.6) is 5.75 Å². The summed E-state index contributed by atoms with van der Waals surface area (Å²) in [7, 11) is 0. The molecule has 0 saturated carbocycles. The highest BCUT2D eigenvalue weighted by Gasteiger charge is 2.28. The molecular weight excluding hydrogens is 423 g/mol. The number of piperidine rings is 1. The summed E-state index contributed by atoms with van der Waals surface area (Å²) in [5, 5.41) is 0.745. The van der Waals surface area contributed by atoms with Crippen LogP contribution in [0.15, 0.2) is 48.5 Å². The van der Waals surface area contributed by atoms with E-state index in [1.54, 1.807) is 30.0 Å². The van der Waals surface area contributed by atoms with Crippen LogP contribution in [-0.4, -0.2) is 48.1 Å². The predicted molar refractivity (Wildman–Crippen MR) is 124 cm³/mol. The van der Waals surface area contributed by atoms with Gasteiger partial charge < -0.3 is 14.4 Å². The molecule has 6 nitrogen and oxygen atoms in total. The van der Waals surface area contributed by atoms with Crippen LogP contribution in [0.25, 0.3) is 22.2 Å². The van der Waals surface area contributed by atoms with E-state index in [1.807, 2.05) is 25.1 Å². The molecule has 7 heteroatoms. The summed E-state index contributed by atoms with van der Waals surface area (Å²) in [6.45, 7) is 5.55. The molecule has 172 valence electrons. The molecule has 33 heavy (non-hydrogen) atoms. The number of carbonyl (C=O) groups excluding carboxylic acids is 2. The number of benzene rings is 2. The molecule has 0 spiro atoms. The molecule has 0 radical (unpaired) electrons. The summed E-state index contributed by atoms with van der Waals surface area (Å²) < 4.78 is 24.3. The normalized spacial score (nSPS) is 14.3. The second kappa shape index (κ2) is 9.98. The van der Waals surface area contributed by atoms with Gasteiger partial charge in [0.1, 0.15) is 11.6 Å². The van der Waals surface area contributed by atoms with E-state index in [0.29, 0.717) is 61.7 Å². The topological polar surface area (TPSA) is 68.7 Å². The van der Waals surface area contributed by atoms with Gasteiger partial charge >= 0.3 is 5.97 Å². The van der Waals surface area contributed by atoms with Gasteiger partial charge in [-0.15, -0.1) is 0 Å². The van der Waals surface area contributed by atoms with Crippen molar-refractivity contribution in [3.05, 3.63) is 59.9 Å². The number of hydrogen-bond acceptors (Lipinski definition) is 5. The Morgan fingerprint density at radius 3 is 2.42 bits per heavy atom. The van der Waals surface area contributed by atoms with Crippen LogP contribution in [0.3, 0.4) is 0 Å². The highest BCUT2D eigenvalue weighted by molar-refractivity contribution is 6.00. The summed E-state index contributed by atoms with van der Waals surface area (Å²) in [6.07, 6.45) is 1.20. The molecule has 2 aromatic carbocycles. The summed E-state index contributed by atoms with van der Waals surface area (Å²) in [6, 6.07) is 13.3. The van der Waals surface area contributed by atoms with Crippen molar-refractivity contribution in [2.45, 2.75) is 26.7 Å². The molecular formula is C26H27FN2O4. The zero-order chi connectivity index (χ0) is 23.4. The Morgan fingerprint density at radius 2 is 1.76 bits per heavy atom. The third kappa shape index (κ3) is 4.97. The van der Waals surface area contributed by atoms with Gasteiger partial charge in [-0.05, 0) is 69.2 Å². The zero-order valence-corrected chi connectivity index (χ0v) is 18.8. The number of carbonyl (C=O) groups is 2. The van der Waals surface area contributed by atoms with Gasteiger partial charge in [0.15, 0.2) is 0 Å². The third-order valence-electron chi connectivity index (χ3n) is 5.86. The SMILES string of the molecule is CCOC(=O)C1CCN(C(=O)c2ccc3nc(-c4ccc(F)cc4)cc(OCC)c3c2)CC1. The Hall–Kier alpha value is -3.48. The van der Waals surface area contributed by atoms with Crippen molar-refractivity contribution in [1.29, 1.82) is 0 Å². The molecule has 1 aromatic heterocycles. The number of amides is 1. The summed E-state index contributed by atoms with van der Waals surface area (Å²) in [4.78, 5) is 31.6. The van der Waals surface area contributed by atoms with Crippen LogP contribution in [0.4, 0.5) is 4.39 Å². The number of fused-ring (bicyclic) bond motifs is 1. The fourth-order valence-corrected chi connectivity index (χ4v) is 4.13. The molecule has 0 unspecified atom stereocenters. The van der Waals surface area contributed by atoms with E-state index >= 15 is 0 Å². The van der Waals surface area contributed by atoms with E-state index in [0.717, 1.165) is 10.9 Å². The first-order chi connectivity index (χ1) is 16.0. The Balaban J connectivity index is 1.59. The number of likely N-dealkylation sites (tertiary alicyclic amines) is 1. The molecule has 2 heterocycles. The van der Waals surface area contributed by atoms with Crippen molar-refractivity contribution in [3.8, 4) is 17.0 Å². The summed E-state index contributed by atoms with van der Waals surface area (Å²) in [5.41, 5.74) is 2.70. The number of rotatable bonds is 6. The molecule has 4 rings (SSSR count). The number of pyridine rings is 1. The lowest BCUT2D eigenvalue weighted by Crippen LogP contribution is -2.40. The molecule has 0 aliphatic carbocycles. The Kier molecular flexibility index (Phi) is 6.87. The number of esters is 1. The summed E-state index contributed by atoms with van der Waals surface area (Å²) >= 11 is 0. The van der Waals surface area contributed by atoms with E-state index in [4.69, 9.17) is 14.5 Å². The van der Waals surface area contributed by atoms with Crippen LogP contribution < -0.4 is 4.74 Å². The van der Waals surface area contributed by atoms with Crippen LogP contribution >= 0.6 is 0 Å². The van der Waals surface area contributed by atoms with Crippen LogP contribution in [0.2, 0.25) is 0 Å². The average molecular weight is 451 g/mol. The minimum Gasteiger partial charge on any atom is -0.493 e. The Morgan fingerprint density at radius 1 is 1.03 bits per heavy atom. The van der Waals surface area contributed by atoms with E-state index in [1.165, 1.54) is 12.1 Å².